The molecular formula is C16H15N3O3. The molecule has 0 unspecified atom stereocenters. The summed E-state index contributed by atoms with van der Waals surface area (Å²) in [7, 11) is 1.58. The molecule has 1 aromatic carbocycles. The summed E-state index contributed by atoms with van der Waals surface area (Å²) in [6, 6.07) is 9.17. The fourth-order valence-electron chi connectivity index (χ4n) is 2.59. The Morgan fingerprint density at radius 3 is 2.68 bits per heavy atom. The fraction of sp³-hybridized carbons (Fsp3) is 0.188. The maximum absolute atomic E-state index is 12.3. The molecule has 6 nitrogen and oxygen atoms in total. The van der Waals surface area contributed by atoms with Gasteiger partial charge in [0, 0.05) is 23.9 Å². The molecule has 22 heavy (non-hydrogen) atoms. The Labute approximate surface area is 126 Å². The molecule has 2 aromatic heterocycles. The predicted molar refractivity (Wildman–Crippen MR) is 84.3 cm³/mol. The first-order valence-electron chi connectivity index (χ1n) is 6.92. The average Bonchev–Trinajstić information content (AvgIpc) is 2.54. The molecule has 0 bridgehead atoms. The second-order valence-corrected chi connectivity index (χ2v) is 4.76. The number of methoxy groups -OCH3 is 1. The minimum absolute atomic E-state index is 0.375. The minimum Gasteiger partial charge on any atom is -0.496 e. The van der Waals surface area contributed by atoms with Crippen molar-refractivity contribution in [1.29, 1.82) is 0 Å². The standard InChI is InChI=1S/C16H15N3O3/c1-3-19-14-13(15(20)18-16(19)21)11(8-9-17-14)10-6-4-5-7-12(10)22-2/h4-9H,3H2,1-2H3,(H,18,20,21). The maximum atomic E-state index is 12.3. The molecular weight excluding hydrogens is 282 g/mol. The van der Waals surface area contributed by atoms with Gasteiger partial charge < -0.3 is 4.74 Å². The molecule has 0 saturated carbocycles. The fourth-order valence-corrected chi connectivity index (χ4v) is 2.59. The summed E-state index contributed by atoms with van der Waals surface area (Å²) in [5, 5.41) is 0.383. The third-order valence-corrected chi connectivity index (χ3v) is 3.59. The van der Waals surface area contributed by atoms with Crippen LogP contribution in [0.3, 0.4) is 0 Å². The largest absolute Gasteiger partial charge is 0.496 e. The summed E-state index contributed by atoms with van der Waals surface area (Å²) in [4.78, 5) is 30.8. The summed E-state index contributed by atoms with van der Waals surface area (Å²) in [5.41, 5.74) is 0.943. The van der Waals surface area contributed by atoms with E-state index in [1.54, 1.807) is 19.4 Å². The molecule has 3 aromatic rings. The van der Waals surface area contributed by atoms with Gasteiger partial charge in [0.05, 0.1) is 12.5 Å². The molecule has 3 rings (SSSR count). The summed E-state index contributed by atoms with van der Waals surface area (Å²) >= 11 is 0. The van der Waals surface area contributed by atoms with E-state index in [2.05, 4.69) is 9.97 Å². The van der Waals surface area contributed by atoms with Crippen molar-refractivity contribution in [1.82, 2.24) is 14.5 Å². The van der Waals surface area contributed by atoms with Crippen molar-refractivity contribution in [2.75, 3.05) is 7.11 Å². The van der Waals surface area contributed by atoms with Crippen LogP contribution in [-0.4, -0.2) is 21.6 Å². The molecule has 0 atom stereocenters. The molecule has 0 fully saturated rings. The zero-order chi connectivity index (χ0) is 15.7. The lowest BCUT2D eigenvalue weighted by molar-refractivity contribution is 0.416. The SMILES string of the molecule is CCn1c(=O)[nH]c(=O)c2c(-c3ccccc3OC)ccnc21. The van der Waals surface area contributed by atoms with E-state index in [1.165, 1.54) is 4.57 Å². The number of rotatable bonds is 3. The van der Waals surface area contributed by atoms with Crippen LogP contribution < -0.4 is 16.0 Å². The molecule has 0 aliphatic rings. The topological polar surface area (TPSA) is 77.0 Å². The summed E-state index contributed by atoms with van der Waals surface area (Å²) in [6.07, 6.45) is 1.59. The number of H-pyrrole nitrogens is 1. The summed E-state index contributed by atoms with van der Waals surface area (Å²) in [6.45, 7) is 2.26. The highest BCUT2D eigenvalue weighted by Gasteiger charge is 2.15. The third kappa shape index (κ3) is 2.09. The molecule has 0 saturated heterocycles. The molecule has 6 heteroatoms. The zero-order valence-electron chi connectivity index (χ0n) is 12.3. The molecule has 0 aliphatic carbocycles. The van der Waals surface area contributed by atoms with Gasteiger partial charge in [0.2, 0.25) is 0 Å². The van der Waals surface area contributed by atoms with E-state index in [-0.39, 0.29) is 0 Å². The predicted octanol–water partition coefficient (Wildman–Crippen LogP) is 1.78. The van der Waals surface area contributed by atoms with Crippen molar-refractivity contribution in [2.45, 2.75) is 13.5 Å². The van der Waals surface area contributed by atoms with Crippen molar-refractivity contribution >= 4 is 11.0 Å². The van der Waals surface area contributed by atoms with Gasteiger partial charge in [-0.3, -0.25) is 14.3 Å². The smallest absolute Gasteiger partial charge is 0.329 e. The number of nitrogens with one attached hydrogen (secondary N) is 1. The van der Waals surface area contributed by atoms with Crippen LogP contribution in [0.25, 0.3) is 22.2 Å². The van der Waals surface area contributed by atoms with E-state index < -0.39 is 11.2 Å². The molecule has 2 heterocycles. The van der Waals surface area contributed by atoms with Gasteiger partial charge in [-0.05, 0) is 19.1 Å². The van der Waals surface area contributed by atoms with Crippen LogP contribution in [0.5, 0.6) is 5.75 Å². The zero-order valence-corrected chi connectivity index (χ0v) is 12.3. The minimum atomic E-state index is -0.454. The van der Waals surface area contributed by atoms with Crippen LogP contribution in [-0.2, 0) is 6.54 Å². The van der Waals surface area contributed by atoms with Gasteiger partial charge in [0.1, 0.15) is 11.4 Å². The lowest BCUT2D eigenvalue weighted by Crippen LogP contribution is -2.30. The first-order valence-corrected chi connectivity index (χ1v) is 6.92. The van der Waals surface area contributed by atoms with E-state index in [9.17, 15) is 9.59 Å². The third-order valence-electron chi connectivity index (χ3n) is 3.59. The highest BCUT2D eigenvalue weighted by Crippen LogP contribution is 2.32. The number of fused-ring (bicyclic) bond motifs is 1. The number of pyridine rings is 1. The first kappa shape index (κ1) is 14.1. The van der Waals surface area contributed by atoms with Crippen molar-refractivity contribution in [3.8, 4) is 16.9 Å². The van der Waals surface area contributed by atoms with Gasteiger partial charge in [0.15, 0.2) is 0 Å². The second-order valence-electron chi connectivity index (χ2n) is 4.76. The van der Waals surface area contributed by atoms with E-state index >= 15 is 0 Å². The molecule has 1 N–H and O–H groups in total. The van der Waals surface area contributed by atoms with Crippen LogP contribution in [0.15, 0.2) is 46.1 Å². The Morgan fingerprint density at radius 2 is 1.95 bits per heavy atom. The Bertz CT molecular complexity index is 957. The van der Waals surface area contributed by atoms with E-state index in [0.717, 1.165) is 5.56 Å². The van der Waals surface area contributed by atoms with Gasteiger partial charge >= 0.3 is 5.69 Å². The summed E-state index contributed by atoms with van der Waals surface area (Å²) < 4.78 is 6.81. The average molecular weight is 297 g/mol. The molecule has 112 valence electrons. The molecule has 0 spiro atoms. The number of aryl methyl sites for hydroxylation is 1. The first-order chi connectivity index (χ1) is 10.7. The van der Waals surface area contributed by atoms with Crippen molar-refractivity contribution in [3.05, 3.63) is 57.4 Å². The number of ether oxygens (including phenoxy) is 1. The Kier molecular flexibility index (Phi) is 3.50. The highest BCUT2D eigenvalue weighted by atomic mass is 16.5. The van der Waals surface area contributed by atoms with E-state index in [0.29, 0.717) is 28.9 Å². The van der Waals surface area contributed by atoms with Crippen LogP contribution in [0.1, 0.15) is 6.92 Å². The van der Waals surface area contributed by atoms with Gasteiger partial charge in [-0.1, -0.05) is 18.2 Å². The second kappa shape index (κ2) is 5.48. The maximum Gasteiger partial charge on any atom is 0.329 e. The number of nitrogens with zero attached hydrogens (tertiary/aromatic N) is 2. The lowest BCUT2D eigenvalue weighted by atomic mass is 10.0. The van der Waals surface area contributed by atoms with Crippen molar-refractivity contribution in [3.63, 3.8) is 0 Å². The number of aromatic amines is 1. The number of hydrogen-bond donors (Lipinski definition) is 1. The van der Waals surface area contributed by atoms with E-state index in [1.807, 2.05) is 31.2 Å². The Hall–Kier alpha value is -2.89. The van der Waals surface area contributed by atoms with Gasteiger partial charge in [-0.2, -0.15) is 0 Å². The number of para-hydroxylation sites is 1. The van der Waals surface area contributed by atoms with Crippen molar-refractivity contribution < 1.29 is 4.74 Å². The quantitative estimate of drug-likeness (QED) is 0.799. The molecule has 0 aliphatic heterocycles. The summed E-state index contributed by atoms with van der Waals surface area (Å²) in [5.74, 6) is 0.656. The van der Waals surface area contributed by atoms with E-state index in [4.69, 9.17) is 4.74 Å². The van der Waals surface area contributed by atoms with Crippen molar-refractivity contribution in [2.24, 2.45) is 0 Å². The Balaban J connectivity index is 2.47. The number of hydrogen-bond acceptors (Lipinski definition) is 4. The number of benzene rings is 1. The van der Waals surface area contributed by atoms with Gasteiger partial charge in [-0.25, -0.2) is 9.78 Å². The van der Waals surface area contributed by atoms with Gasteiger partial charge in [0.25, 0.3) is 5.56 Å². The van der Waals surface area contributed by atoms with Crippen LogP contribution in [0.2, 0.25) is 0 Å². The highest BCUT2D eigenvalue weighted by molar-refractivity contribution is 5.93. The van der Waals surface area contributed by atoms with Crippen LogP contribution in [0.4, 0.5) is 0 Å². The molecule has 0 radical (unpaired) electrons. The monoisotopic (exact) mass is 297 g/mol. The van der Waals surface area contributed by atoms with Crippen LogP contribution >= 0.6 is 0 Å². The Morgan fingerprint density at radius 1 is 1.18 bits per heavy atom. The lowest BCUT2D eigenvalue weighted by Gasteiger charge is -2.12. The normalized spacial score (nSPS) is 10.8. The number of aromatic nitrogens is 3. The van der Waals surface area contributed by atoms with Crippen LogP contribution in [0, 0.1) is 0 Å². The molecule has 0 amide bonds. The van der Waals surface area contributed by atoms with Gasteiger partial charge in [-0.15, -0.1) is 0 Å².